The molecule has 0 bridgehead atoms. The summed E-state index contributed by atoms with van der Waals surface area (Å²) < 4.78 is 24.2. The standard InChI is InChI=1S/C19H18N2O4S3/c1-12(22)13-4-6-14(7-5-13)21-16-10-28(24,25)11-17(16)27-19(21)20-18(23)9-15-3-2-8-26-15/h2-8,16-17H,9-11H2,1H3/t16-,17-/m1/s1. The second-order valence-corrected chi connectivity index (χ2v) is 11.2. The summed E-state index contributed by atoms with van der Waals surface area (Å²) in [7, 11) is -3.12. The minimum absolute atomic E-state index is 0.0383. The Labute approximate surface area is 171 Å². The van der Waals surface area contributed by atoms with E-state index in [0.717, 1.165) is 10.6 Å². The summed E-state index contributed by atoms with van der Waals surface area (Å²) in [5.74, 6) is -0.165. The first-order valence-corrected chi connectivity index (χ1v) is 12.3. The molecule has 2 aliphatic rings. The maximum atomic E-state index is 12.5. The number of amidine groups is 1. The molecule has 2 atom stereocenters. The van der Waals surface area contributed by atoms with Gasteiger partial charge in [0.25, 0.3) is 5.91 Å². The zero-order valence-corrected chi connectivity index (χ0v) is 17.5. The molecule has 2 saturated heterocycles. The van der Waals surface area contributed by atoms with Gasteiger partial charge in [-0.3, -0.25) is 9.59 Å². The van der Waals surface area contributed by atoms with E-state index in [1.54, 1.807) is 24.3 Å². The van der Waals surface area contributed by atoms with Gasteiger partial charge in [0.1, 0.15) is 0 Å². The Balaban J connectivity index is 1.66. The van der Waals surface area contributed by atoms with E-state index >= 15 is 0 Å². The average molecular weight is 435 g/mol. The second kappa shape index (κ2) is 7.46. The van der Waals surface area contributed by atoms with Crippen LogP contribution in [0.5, 0.6) is 0 Å². The first-order chi connectivity index (χ1) is 13.3. The van der Waals surface area contributed by atoms with Gasteiger partial charge in [0.05, 0.1) is 24.0 Å². The van der Waals surface area contributed by atoms with Crippen LogP contribution in [0.15, 0.2) is 46.8 Å². The second-order valence-electron chi connectivity index (χ2n) is 6.82. The molecule has 0 spiro atoms. The monoisotopic (exact) mass is 434 g/mol. The molecule has 2 aromatic rings. The van der Waals surface area contributed by atoms with E-state index in [9.17, 15) is 18.0 Å². The summed E-state index contributed by atoms with van der Waals surface area (Å²) in [4.78, 5) is 31.1. The molecule has 1 amide bonds. The lowest BCUT2D eigenvalue weighted by Crippen LogP contribution is -2.37. The van der Waals surface area contributed by atoms with Crippen molar-refractivity contribution in [1.82, 2.24) is 0 Å². The lowest BCUT2D eigenvalue weighted by Gasteiger charge is -2.24. The van der Waals surface area contributed by atoms with Gasteiger partial charge in [-0.05, 0) is 42.6 Å². The maximum Gasteiger partial charge on any atom is 0.253 e. The fraction of sp³-hybridized carbons (Fsp3) is 0.316. The molecule has 2 fully saturated rings. The van der Waals surface area contributed by atoms with E-state index < -0.39 is 9.84 Å². The number of aliphatic imine (C=N–C) groups is 1. The number of Topliss-reactive ketones (excluding diaryl/α,β-unsaturated/α-hetero) is 1. The van der Waals surface area contributed by atoms with Crippen LogP contribution in [0.25, 0.3) is 0 Å². The van der Waals surface area contributed by atoms with E-state index in [-0.39, 0.29) is 40.9 Å². The molecule has 28 heavy (non-hydrogen) atoms. The van der Waals surface area contributed by atoms with Crippen LogP contribution in [0.2, 0.25) is 0 Å². The summed E-state index contributed by atoms with van der Waals surface area (Å²) in [5, 5.41) is 2.30. The van der Waals surface area contributed by atoms with Gasteiger partial charge in [-0.25, -0.2) is 8.42 Å². The molecule has 9 heteroatoms. The molecule has 2 aliphatic heterocycles. The number of rotatable bonds is 4. The Morgan fingerprint density at radius 2 is 1.93 bits per heavy atom. The van der Waals surface area contributed by atoms with Crippen LogP contribution in [0, 0.1) is 0 Å². The largest absolute Gasteiger partial charge is 0.316 e. The highest BCUT2D eigenvalue weighted by molar-refractivity contribution is 8.16. The van der Waals surface area contributed by atoms with Crippen molar-refractivity contribution in [2.45, 2.75) is 24.6 Å². The van der Waals surface area contributed by atoms with Gasteiger partial charge in [0, 0.05) is 21.4 Å². The van der Waals surface area contributed by atoms with Crippen molar-refractivity contribution in [3.05, 3.63) is 52.2 Å². The molecular formula is C19H18N2O4S3. The third-order valence-electron chi connectivity index (χ3n) is 4.74. The fourth-order valence-corrected chi connectivity index (χ4v) is 8.06. The smallest absolute Gasteiger partial charge is 0.253 e. The van der Waals surface area contributed by atoms with E-state index in [0.29, 0.717) is 10.7 Å². The lowest BCUT2D eigenvalue weighted by molar-refractivity contribution is -0.117. The number of fused-ring (bicyclic) bond motifs is 1. The van der Waals surface area contributed by atoms with Gasteiger partial charge < -0.3 is 4.90 Å². The average Bonchev–Trinajstić information content (AvgIpc) is 3.29. The van der Waals surface area contributed by atoms with Gasteiger partial charge >= 0.3 is 0 Å². The molecule has 0 aliphatic carbocycles. The quantitative estimate of drug-likeness (QED) is 0.688. The number of ketones is 1. The van der Waals surface area contributed by atoms with Crippen molar-refractivity contribution in [3.63, 3.8) is 0 Å². The van der Waals surface area contributed by atoms with Gasteiger partial charge in [-0.2, -0.15) is 4.99 Å². The summed E-state index contributed by atoms with van der Waals surface area (Å²) in [6.45, 7) is 1.50. The number of hydrogen-bond acceptors (Lipinski definition) is 6. The molecule has 4 rings (SSSR count). The van der Waals surface area contributed by atoms with Crippen LogP contribution < -0.4 is 4.90 Å². The Morgan fingerprint density at radius 1 is 1.18 bits per heavy atom. The first-order valence-electron chi connectivity index (χ1n) is 8.73. The van der Waals surface area contributed by atoms with Crippen molar-refractivity contribution in [3.8, 4) is 0 Å². The Hall–Kier alpha value is -1.97. The Morgan fingerprint density at radius 3 is 2.57 bits per heavy atom. The minimum atomic E-state index is -3.12. The minimum Gasteiger partial charge on any atom is -0.316 e. The number of sulfone groups is 1. The highest BCUT2D eigenvalue weighted by Gasteiger charge is 2.49. The van der Waals surface area contributed by atoms with Crippen molar-refractivity contribution in [2.24, 2.45) is 4.99 Å². The number of thioether (sulfide) groups is 1. The summed E-state index contributed by atoms with van der Waals surface area (Å²) in [5.41, 5.74) is 1.32. The van der Waals surface area contributed by atoms with E-state index in [4.69, 9.17) is 0 Å². The molecule has 0 unspecified atom stereocenters. The molecular weight excluding hydrogens is 416 g/mol. The Bertz CT molecular complexity index is 1040. The molecule has 1 aromatic heterocycles. The fourth-order valence-electron chi connectivity index (χ4n) is 3.43. The SMILES string of the molecule is CC(=O)c1ccc(N2C(=NC(=O)Cc3cccs3)S[C@@H]3CS(=O)(=O)C[C@H]32)cc1. The third-order valence-corrected chi connectivity index (χ3v) is 8.83. The zero-order chi connectivity index (χ0) is 19.9. The number of amides is 1. The van der Waals surface area contributed by atoms with Crippen molar-refractivity contribution < 1.29 is 18.0 Å². The van der Waals surface area contributed by atoms with E-state index in [2.05, 4.69) is 4.99 Å². The van der Waals surface area contributed by atoms with Crippen molar-refractivity contribution in [1.29, 1.82) is 0 Å². The van der Waals surface area contributed by atoms with Crippen molar-refractivity contribution in [2.75, 3.05) is 16.4 Å². The molecule has 3 heterocycles. The number of nitrogens with zero attached hydrogens (tertiary/aromatic N) is 2. The van der Waals surface area contributed by atoms with Gasteiger partial charge in [-0.15, -0.1) is 11.3 Å². The van der Waals surface area contributed by atoms with Crippen LogP contribution >= 0.6 is 23.1 Å². The summed E-state index contributed by atoms with van der Waals surface area (Å²) in [6, 6.07) is 10.5. The third kappa shape index (κ3) is 3.92. The van der Waals surface area contributed by atoms with Crippen LogP contribution in [-0.4, -0.2) is 48.1 Å². The topological polar surface area (TPSA) is 83.9 Å². The highest BCUT2D eigenvalue weighted by Crippen LogP contribution is 2.41. The number of carbonyl (C=O) groups excluding carboxylic acids is 2. The number of carbonyl (C=O) groups is 2. The first kappa shape index (κ1) is 19.4. The number of thiophene rings is 1. The molecule has 0 saturated carbocycles. The normalized spacial score (nSPS) is 24.5. The van der Waals surface area contributed by atoms with Crippen LogP contribution in [0.4, 0.5) is 5.69 Å². The van der Waals surface area contributed by atoms with Crippen molar-refractivity contribution >= 4 is 55.5 Å². The van der Waals surface area contributed by atoms with Gasteiger partial charge in [0.15, 0.2) is 20.8 Å². The van der Waals surface area contributed by atoms with Crippen LogP contribution in [-0.2, 0) is 21.1 Å². The highest BCUT2D eigenvalue weighted by atomic mass is 32.2. The van der Waals surface area contributed by atoms with Crippen LogP contribution in [0.3, 0.4) is 0 Å². The number of benzene rings is 1. The number of hydrogen-bond donors (Lipinski definition) is 0. The lowest BCUT2D eigenvalue weighted by atomic mass is 10.1. The van der Waals surface area contributed by atoms with E-state index in [1.165, 1.54) is 30.0 Å². The Kier molecular flexibility index (Phi) is 5.15. The molecule has 0 radical (unpaired) electrons. The summed E-state index contributed by atoms with van der Waals surface area (Å²) >= 11 is 2.86. The predicted octanol–water partition coefficient (Wildman–Crippen LogP) is 2.79. The zero-order valence-electron chi connectivity index (χ0n) is 15.1. The molecule has 0 N–H and O–H groups in total. The molecule has 146 valence electrons. The van der Waals surface area contributed by atoms with Gasteiger partial charge in [-0.1, -0.05) is 17.8 Å². The van der Waals surface area contributed by atoms with E-state index in [1.807, 2.05) is 22.4 Å². The molecule has 1 aromatic carbocycles. The van der Waals surface area contributed by atoms with Gasteiger partial charge in [0.2, 0.25) is 0 Å². The summed E-state index contributed by atoms with van der Waals surface area (Å²) in [6.07, 6.45) is 0.229. The predicted molar refractivity (Wildman–Crippen MR) is 113 cm³/mol. The van der Waals surface area contributed by atoms with Crippen LogP contribution in [0.1, 0.15) is 22.2 Å². The molecule has 6 nitrogen and oxygen atoms in total. The number of anilines is 1. The maximum absolute atomic E-state index is 12.5.